The molecule has 194 valence electrons. The Kier molecular flexibility index (Phi) is 5.77. The number of benzene rings is 4. The standard InChI is InChI=1S/C32H17IN8.Zn/c33-23-15-7-14-22-24(23)32-40-30-21-13-6-5-12-20(21)28(38-30)36-26-17-9-2-1-8-16(17)25(34-26)35-27-18-10-3-4-11-19(18)29(37-27)39-31(22)41-32;/h1-15H,(H2,34,35,36,37,38,39,40,41);. The first-order chi connectivity index (χ1) is 20.2. The van der Waals surface area contributed by atoms with Gasteiger partial charge in [0.25, 0.3) is 0 Å². The molecule has 2 aliphatic heterocycles. The molecule has 5 heterocycles. The molecule has 0 atom stereocenters. The normalized spacial score (nSPS) is 11.7. The van der Waals surface area contributed by atoms with Gasteiger partial charge in [0.2, 0.25) is 0 Å². The molecule has 42 heavy (non-hydrogen) atoms. The van der Waals surface area contributed by atoms with Crippen LogP contribution in [0.5, 0.6) is 0 Å². The maximum Gasteiger partial charge on any atom is 0.164 e. The Balaban J connectivity index is 0.00000267. The topological polar surface area (TPSA) is 109 Å². The minimum absolute atomic E-state index is 0. The third-order valence-electron chi connectivity index (χ3n) is 7.53. The number of halogens is 1. The molecule has 3 aromatic heterocycles. The molecule has 8 nitrogen and oxygen atoms in total. The van der Waals surface area contributed by atoms with Crippen LogP contribution in [0.15, 0.2) is 91.0 Å². The first-order valence-corrected chi connectivity index (χ1v) is 14.2. The Morgan fingerprint density at radius 1 is 0.405 bits per heavy atom. The SMILES string of the molecule is Ic1cccc2c3nc4nc(nc5[nH]c(nc6nc(nc([nH]3)c12)-c1ccccc1-6)c1ccccc51)-c1ccccc1-4.[Zn]. The van der Waals surface area contributed by atoms with Gasteiger partial charge in [-0.05, 0) is 28.7 Å². The number of aromatic nitrogens is 8. The van der Waals surface area contributed by atoms with E-state index >= 15 is 0 Å². The van der Waals surface area contributed by atoms with E-state index in [9.17, 15) is 0 Å². The number of nitrogens with one attached hydrogen (secondary N) is 2. The molecular formula is C32H17IN8Zn. The van der Waals surface area contributed by atoms with Crippen molar-refractivity contribution in [2.45, 2.75) is 0 Å². The summed E-state index contributed by atoms with van der Waals surface area (Å²) in [6, 6.07) is 30.4. The average Bonchev–Trinajstić information content (AvgIpc) is 3.73. The van der Waals surface area contributed by atoms with Crippen LogP contribution in [-0.2, 0) is 19.5 Å². The molecule has 0 saturated heterocycles. The van der Waals surface area contributed by atoms with Crippen LogP contribution in [0, 0.1) is 3.57 Å². The Morgan fingerprint density at radius 3 is 1.29 bits per heavy atom. The molecule has 10 heteroatoms. The van der Waals surface area contributed by atoms with Crippen LogP contribution in [0.1, 0.15) is 0 Å². The number of aromatic amines is 2. The van der Waals surface area contributed by atoms with E-state index in [0.717, 1.165) is 47.4 Å². The summed E-state index contributed by atoms with van der Waals surface area (Å²) >= 11 is 2.35. The van der Waals surface area contributed by atoms with Gasteiger partial charge in [-0.3, -0.25) is 0 Å². The quantitative estimate of drug-likeness (QED) is 0.125. The number of hydrogen-bond donors (Lipinski definition) is 2. The van der Waals surface area contributed by atoms with Crippen molar-refractivity contribution < 1.29 is 19.5 Å². The van der Waals surface area contributed by atoms with Gasteiger partial charge in [-0.15, -0.1) is 0 Å². The molecule has 0 unspecified atom stereocenters. The molecule has 9 rings (SSSR count). The second-order valence-corrected chi connectivity index (χ2v) is 11.1. The first-order valence-electron chi connectivity index (χ1n) is 13.1. The fourth-order valence-electron chi connectivity index (χ4n) is 5.65. The monoisotopic (exact) mass is 704 g/mol. The summed E-state index contributed by atoms with van der Waals surface area (Å²) in [6.45, 7) is 0. The molecule has 4 aromatic carbocycles. The summed E-state index contributed by atoms with van der Waals surface area (Å²) in [5.74, 6) is 2.39. The van der Waals surface area contributed by atoms with E-state index < -0.39 is 0 Å². The largest absolute Gasteiger partial charge is 0.324 e. The van der Waals surface area contributed by atoms with Crippen LogP contribution in [0.4, 0.5) is 0 Å². The second-order valence-electron chi connectivity index (χ2n) is 9.91. The zero-order chi connectivity index (χ0) is 27.1. The van der Waals surface area contributed by atoms with E-state index in [1.165, 1.54) is 0 Å². The van der Waals surface area contributed by atoms with Gasteiger partial charge in [0, 0.05) is 66.8 Å². The van der Waals surface area contributed by atoms with Crippen LogP contribution >= 0.6 is 22.6 Å². The molecule has 0 spiro atoms. The Labute approximate surface area is 264 Å². The van der Waals surface area contributed by atoms with Crippen LogP contribution in [0.3, 0.4) is 0 Å². The smallest absolute Gasteiger partial charge is 0.164 e. The summed E-state index contributed by atoms with van der Waals surface area (Å²) < 4.78 is 1.07. The van der Waals surface area contributed by atoms with Crippen molar-refractivity contribution in [3.05, 3.63) is 94.6 Å². The van der Waals surface area contributed by atoms with Crippen LogP contribution in [0.25, 0.3) is 89.7 Å². The zero-order valence-electron chi connectivity index (χ0n) is 21.9. The number of H-pyrrole nitrogens is 2. The Morgan fingerprint density at radius 2 is 0.786 bits per heavy atom. The summed E-state index contributed by atoms with van der Waals surface area (Å²) in [5.41, 5.74) is 6.46. The molecule has 0 fully saturated rings. The van der Waals surface area contributed by atoms with Crippen LogP contribution in [-0.4, -0.2) is 39.9 Å². The van der Waals surface area contributed by atoms with Gasteiger partial charge in [0.15, 0.2) is 23.3 Å². The van der Waals surface area contributed by atoms with E-state index in [-0.39, 0.29) is 19.5 Å². The summed E-state index contributed by atoms with van der Waals surface area (Å²) in [6.07, 6.45) is 0. The van der Waals surface area contributed by atoms with Gasteiger partial charge in [0.1, 0.15) is 22.6 Å². The number of rotatable bonds is 0. The van der Waals surface area contributed by atoms with E-state index in [0.29, 0.717) is 45.9 Å². The van der Waals surface area contributed by atoms with Crippen molar-refractivity contribution in [3.63, 3.8) is 0 Å². The van der Waals surface area contributed by atoms with Gasteiger partial charge in [-0.1, -0.05) is 84.9 Å². The molecule has 0 aliphatic carbocycles. The van der Waals surface area contributed by atoms with Crippen molar-refractivity contribution in [2.75, 3.05) is 0 Å². The number of hydrogen-bond acceptors (Lipinski definition) is 6. The second kappa shape index (κ2) is 9.57. The number of nitrogens with zero attached hydrogens (tertiary/aromatic N) is 6. The minimum Gasteiger partial charge on any atom is -0.324 e. The molecule has 0 saturated carbocycles. The zero-order valence-corrected chi connectivity index (χ0v) is 27.1. The molecule has 8 bridgehead atoms. The predicted octanol–water partition coefficient (Wildman–Crippen LogP) is 7.47. The summed E-state index contributed by atoms with van der Waals surface area (Å²) in [7, 11) is 0. The molecule has 0 radical (unpaired) electrons. The Bertz CT molecular complexity index is 2410. The Hall–Kier alpha value is -4.41. The molecule has 0 amide bonds. The fourth-order valence-corrected chi connectivity index (χ4v) is 6.40. The third-order valence-corrected chi connectivity index (χ3v) is 8.43. The van der Waals surface area contributed by atoms with Gasteiger partial charge in [-0.2, -0.15) is 0 Å². The van der Waals surface area contributed by atoms with Crippen molar-refractivity contribution in [1.29, 1.82) is 0 Å². The van der Waals surface area contributed by atoms with Gasteiger partial charge >= 0.3 is 0 Å². The van der Waals surface area contributed by atoms with E-state index in [1.54, 1.807) is 0 Å². The van der Waals surface area contributed by atoms with Crippen molar-refractivity contribution in [1.82, 2.24) is 39.9 Å². The third kappa shape index (κ3) is 3.75. The maximum atomic E-state index is 5.07. The van der Waals surface area contributed by atoms with Crippen LogP contribution < -0.4 is 0 Å². The summed E-state index contributed by atoms with van der Waals surface area (Å²) in [5, 5.41) is 3.86. The van der Waals surface area contributed by atoms with E-state index in [1.807, 2.05) is 78.9 Å². The van der Waals surface area contributed by atoms with Gasteiger partial charge in [0.05, 0.1) is 0 Å². The van der Waals surface area contributed by atoms with Crippen molar-refractivity contribution in [3.8, 4) is 45.6 Å². The van der Waals surface area contributed by atoms with Gasteiger partial charge < -0.3 is 9.97 Å². The molecule has 2 N–H and O–H groups in total. The van der Waals surface area contributed by atoms with E-state index in [4.69, 9.17) is 29.9 Å². The molecular weight excluding hydrogens is 689 g/mol. The molecule has 2 aliphatic rings. The van der Waals surface area contributed by atoms with Gasteiger partial charge in [-0.25, -0.2) is 29.9 Å². The summed E-state index contributed by atoms with van der Waals surface area (Å²) in [4.78, 5) is 37.0. The van der Waals surface area contributed by atoms with Crippen molar-refractivity contribution in [2.24, 2.45) is 0 Å². The van der Waals surface area contributed by atoms with Crippen LogP contribution in [0.2, 0.25) is 0 Å². The average molecular weight is 706 g/mol. The minimum atomic E-state index is 0. The van der Waals surface area contributed by atoms with Crippen molar-refractivity contribution >= 4 is 66.7 Å². The fraction of sp³-hybridized carbons (Fsp3) is 0. The molecule has 7 aromatic rings. The first kappa shape index (κ1) is 25.3. The predicted molar refractivity (Wildman–Crippen MR) is 169 cm³/mol. The number of fused-ring (bicyclic) bond motifs is 20. The maximum absolute atomic E-state index is 5.07. The van der Waals surface area contributed by atoms with E-state index in [2.05, 4.69) is 44.7 Å².